The van der Waals surface area contributed by atoms with Gasteiger partial charge >= 0.3 is 0 Å². The maximum atomic E-state index is 12.2. The Morgan fingerprint density at radius 1 is 1.05 bits per heavy atom. The molecule has 1 aliphatic heterocycles. The molecule has 108 valence electrons. The Hall–Kier alpha value is -0.570. The number of hydrogen-bond acceptors (Lipinski definition) is 2. The van der Waals surface area contributed by atoms with Crippen molar-refractivity contribution in [3.8, 4) is 0 Å². The Kier molecular flexibility index (Phi) is 4.42. The van der Waals surface area contributed by atoms with Crippen molar-refractivity contribution in [1.82, 2.24) is 4.90 Å². The molecule has 0 aromatic rings. The minimum atomic E-state index is 0.360. The standard InChI is InChI=1S/C16H27NO2/c18-16(17-6-8-19-9-7-17)5-4-15-11-13-2-1-3-14(10-13)12-15/h13-15H,1-12H2. The van der Waals surface area contributed by atoms with E-state index in [9.17, 15) is 4.79 Å². The van der Waals surface area contributed by atoms with Crippen LogP contribution in [0.25, 0.3) is 0 Å². The molecule has 0 aromatic carbocycles. The third-order valence-corrected chi connectivity index (χ3v) is 5.35. The smallest absolute Gasteiger partial charge is 0.222 e. The highest BCUT2D eigenvalue weighted by atomic mass is 16.5. The summed E-state index contributed by atoms with van der Waals surface area (Å²) >= 11 is 0. The second-order valence-electron chi connectivity index (χ2n) is 6.77. The monoisotopic (exact) mass is 265 g/mol. The largest absolute Gasteiger partial charge is 0.378 e. The summed E-state index contributed by atoms with van der Waals surface area (Å²) in [5.41, 5.74) is 0. The summed E-state index contributed by atoms with van der Waals surface area (Å²) in [4.78, 5) is 14.2. The van der Waals surface area contributed by atoms with Crippen molar-refractivity contribution in [2.24, 2.45) is 17.8 Å². The van der Waals surface area contributed by atoms with E-state index in [4.69, 9.17) is 4.74 Å². The first kappa shape index (κ1) is 13.4. The molecule has 0 N–H and O–H groups in total. The summed E-state index contributed by atoms with van der Waals surface area (Å²) < 4.78 is 5.30. The second kappa shape index (κ2) is 6.25. The summed E-state index contributed by atoms with van der Waals surface area (Å²) in [6.07, 6.45) is 10.5. The first-order chi connectivity index (χ1) is 9.31. The van der Waals surface area contributed by atoms with Crippen molar-refractivity contribution in [3.05, 3.63) is 0 Å². The molecule has 3 aliphatic rings. The zero-order valence-corrected chi connectivity index (χ0v) is 12.0. The van der Waals surface area contributed by atoms with Crippen LogP contribution in [0.5, 0.6) is 0 Å². The van der Waals surface area contributed by atoms with Gasteiger partial charge in [0, 0.05) is 19.5 Å². The van der Waals surface area contributed by atoms with Gasteiger partial charge < -0.3 is 9.64 Å². The van der Waals surface area contributed by atoms with Gasteiger partial charge in [-0.25, -0.2) is 0 Å². The molecule has 1 heterocycles. The topological polar surface area (TPSA) is 29.5 Å². The van der Waals surface area contributed by atoms with Crippen LogP contribution in [0.3, 0.4) is 0 Å². The Bertz CT molecular complexity index is 300. The van der Waals surface area contributed by atoms with Crippen molar-refractivity contribution in [2.45, 2.75) is 51.4 Å². The van der Waals surface area contributed by atoms with E-state index < -0.39 is 0 Å². The van der Waals surface area contributed by atoms with E-state index in [1.165, 1.54) is 38.5 Å². The highest BCUT2D eigenvalue weighted by molar-refractivity contribution is 5.76. The maximum absolute atomic E-state index is 12.2. The number of hydrogen-bond donors (Lipinski definition) is 0. The van der Waals surface area contributed by atoms with Gasteiger partial charge in [0.05, 0.1) is 13.2 Å². The van der Waals surface area contributed by atoms with Gasteiger partial charge in [0.15, 0.2) is 0 Å². The molecule has 3 rings (SSSR count). The molecule has 1 saturated heterocycles. The molecule has 2 bridgehead atoms. The van der Waals surface area contributed by atoms with Crippen molar-refractivity contribution < 1.29 is 9.53 Å². The zero-order valence-electron chi connectivity index (χ0n) is 12.0. The average molecular weight is 265 g/mol. The van der Waals surface area contributed by atoms with Crippen LogP contribution < -0.4 is 0 Å². The number of morpholine rings is 1. The molecular formula is C16H27NO2. The summed E-state index contributed by atoms with van der Waals surface area (Å²) in [7, 11) is 0. The van der Waals surface area contributed by atoms with Crippen molar-refractivity contribution in [2.75, 3.05) is 26.3 Å². The van der Waals surface area contributed by atoms with E-state index in [2.05, 4.69) is 0 Å². The van der Waals surface area contributed by atoms with Crippen LogP contribution in [0.2, 0.25) is 0 Å². The first-order valence-electron chi connectivity index (χ1n) is 8.17. The SMILES string of the molecule is O=C(CCC1CC2CCCC(C2)C1)N1CCOCC1. The number of rotatable bonds is 3. The fourth-order valence-corrected chi connectivity index (χ4v) is 4.40. The maximum Gasteiger partial charge on any atom is 0.222 e. The van der Waals surface area contributed by atoms with E-state index in [-0.39, 0.29) is 0 Å². The van der Waals surface area contributed by atoms with Crippen LogP contribution in [0.1, 0.15) is 51.4 Å². The van der Waals surface area contributed by atoms with Gasteiger partial charge in [-0.1, -0.05) is 19.3 Å². The molecular weight excluding hydrogens is 238 g/mol. The lowest BCUT2D eigenvalue weighted by Gasteiger charge is -2.39. The number of carbonyl (C=O) groups is 1. The van der Waals surface area contributed by atoms with Gasteiger partial charge in [-0.05, 0) is 43.4 Å². The third-order valence-electron chi connectivity index (χ3n) is 5.35. The van der Waals surface area contributed by atoms with Crippen LogP contribution >= 0.6 is 0 Å². The highest BCUT2D eigenvalue weighted by Crippen LogP contribution is 2.43. The predicted molar refractivity (Wildman–Crippen MR) is 74.8 cm³/mol. The molecule has 2 atom stereocenters. The van der Waals surface area contributed by atoms with Gasteiger partial charge in [-0.15, -0.1) is 0 Å². The molecule has 2 saturated carbocycles. The predicted octanol–water partition coefficient (Wildman–Crippen LogP) is 2.84. The second-order valence-corrected chi connectivity index (χ2v) is 6.77. The third kappa shape index (κ3) is 3.50. The fraction of sp³-hybridized carbons (Fsp3) is 0.938. The van der Waals surface area contributed by atoms with Gasteiger partial charge in [0.2, 0.25) is 5.91 Å². The van der Waals surface area contributed by atoms with Crippen LogP contribution in [-0.2, 0) is 9.53 Å². The van der Waals surface area contributed by atoms with E-state index in [0.29, 0.717) is 5.91 Å². The lowest BCUT2D eigenvalue weighted by Crippen LogP contribution is -2.40. The van der Waals surface area contributed by atoms with Crippen molar-refractivity contribution in [3.63, 3.8) is 0 Å². The average Bonchev–Trinajstić information content (AvgIpc) is 2.45. The Morgan fingerprint density at radius 2 is 1.74 bits per heavy atom. The number of nitrogens with zero attached hydrogens (tertiary/aromatic N) is 1. The minimum Gasteiger partial charge on any atom is -0.378 e. The Morgan fingerprint density at radius 3 is 2.42 bits per heavy atom. The first-order valence-corrected chi connectivity index (χ1v) is 8.17. The van der Waals surface area contributed by atoms with E-state index >= 15 is 0 Å². The number of amides is 1. The Balaban J connectivity index is 1.42. The van der Waals surface area contributed by atoms with Crippen molar-refractivity contribution in [1.29, 1.82) is 0 Å². The van der Waals surface area contributed by atoms with Gasteiger partial charge in [0.25, 0.3) is 0 Å². The number of ether oxygens (including phenoxy) is 1. The number of fused-ring (bicyclic) bond motifs is 2. The van der Waals surface area contributed by atoms with Crippen molar-refractivity contribution >= 4 is 5.91 Å². The molecule has 2 aliphatic carbocycles. The van der Waals surface area contributed by atoms with E-state index in [1.807, 2.05) is 4.90 Å². The summed E-state index contributed by atoms with van der Waals surface area (Å²) in [6.45, 7) is 3.04. The normalized spacial score (nSPS) is 35.2. The lowest BCUT2D eigenvalue weighted by atomic mass is 9.67. The van der Waals surface area contributed by atoms with Gasteiger partial charge in [-0.3, -0.25) is 4.79 Å². The zero-order chi connectivity index (χ0) is 13.1. The molecule has 0 radical (unpaired) electrons. The van der Waals surface area contributed by atoms with Gasteiger partial charge in [-0.2, -0.15) is 0 Å². The molecule has 0 spiro atoms. The van der Waals surface area contributed by atoms with Crippen LogP contribution in [0.15, 0.2) is 0 Å². The Labute approximate surface area is 116 Å². The van der Waals surface area contributed by atoms with E-state index in [1.54, 1.807) is 0 Å². The van der Waals surface area contributed by atoms with Crippen LogP contribution in [0.4, 0.5) is 0 Å². The van der Waals surface area contributed by atoms with Crippen LogP contribution in [0, 0.1) is 17.8 Å². The highest BCUT2D eigenvalue weighted by Gasteiger charge is 2.32. The molecule has 3 fully saturated rings. The number of carbonyl (C=O) groups excluding carboxylic acids is 1. The quantitative estimate of drug-likeness (QED) is 0.785. The minimum absolute atomic E-state index is 0.360. The molecule has 2 unspecified atom stereocenters. The fourth-order valence-electron chi connectivity index (χ4n) is 4.40. The summed E-state index contributed by atoms with van der Waals surface area (Å²) in [5.74, 6) is 3.15. The lowest BCUT2D eigenvalue weighted by molar-refractivity contribution is -0.135. The summed E-state index contributed by atoms with van der Waals surface area (Å²) in [5, 5.41) is 0. The van der Waals surface area contributed by atoms with Gasteiger partial charge in [0.1, 0.15) is 0 Å². The van der Waals surface area contributed by atoms with Crippen LogP contribution in [-0.4, -0.2) is 37.1 Å². The summed E-state index contributed by atoms with van der Waals surface area (Å²) in [6, 6.07) is 0. The molecule has 3 heteroatoms. The van der Waals surface area contributed by atoms with E-state index in [0.717, 1.165) is 56.9 Å². The molecule has 1 amide bonds. The molecule has 19 heavy (non-hydrogen) atoms. The molecule has 0 aromatic heterocycles. The molecule has 3 nitrogen and oxygen atoms in total.